The Bertz CT molecular complexity index is 464. The van der Waals surface area contributed by atoms with Crippen LogP contribution in [0.4, 0.5) is 0 Å². The third kappa shape index (κ3) is 4.06. The maximum atomic E-state index is 5.63. The highest BCUT2D eigenvalue weighted by molar-refractivity contribution is 5.04. The van der Waals surface area contributed by atoms with Gasteiger partial charge in [-0.25, -0.2) is 0 Å². The molecule has 1 aromatic heterocycles. The van der Waals surface area contributed by atoms with Crippen molar-refractivity contribution in [1.82, 2.24) is 19.9 Å². The Morgan fingerprint density at radius 3 is 2.55 bits per heavy atom. The second-order valence-corrected chi connectivity index (χ2v) is 6.74. The molecule has 0 aromatic carbocycles. The molecular formula is C16H28N4O2. The van der Waals surface area contributed by atoms with Gasteiger partial charge in [0.05, 0.1) is 18.8 Å². The summed E-state index contributed by atoms with van der Waals surface area (Å²) >= 11 is 0. The van der Waals surface area contributed by atoms with Gasteiger partial charge in [0.2, 0.25) is 5.89 Å². The number of aromatic nitrogens is 2. The van der Waals surface area contributed by atoms with Crippen LogP contribution in [-0.4, -0.2) is 65.4 Å². The maximum Gasteiger partial charge on any atom is 0.243 e. The fraction of sp³-hybridized carbons (Fsp3) is 0.875. The molecule has 0 spiro atoms. The molecule has 1 saturated carbocycles. The van der Waals surface area contributed by atoms with Crippen LogP contribution in [0.2, 0.25) is 0 Å². The highest BCUT2D eigenvalue weighted by atomic mass is 16.5. The lowest BCUT2D eigenvalue weighted by Gasteiger charge is -2.36. The molecular weight excluding hydrogens is 280 g/mol. The third-order valence-corrected chi connectivity index (χ3v) is 4.57. The van der Waals surface area contributed by atoms with E-state index in [1.165, 1.54) is 12.8 Å². The maximum absolute atomic E-state index is 5.63. The predicted octanol–water partition coefficient (Wildman–Crippen LogP) is 2.05. The molecule has 1 atom stereocenters. The van der Waals surface area contributed by atoms with Crippen molar-refractivity contribution in [3.8, 4) is 0 Å². The van der Waals surface area contributed by atoms with Gasteiger partial charge >= 0.3 is 0 Å². The number of hydrogen-bond donors (Lipinski definition) is 0. The molecule has 124 valence electrons. The lowest BCUT2D eigenvalue weighted by molar-refractivity contribution is 0.0359. The van der Waals surface area contributed by atoms with Gasteiger partial charge in [-0.15, -0.1) is 0 Å². The van der Waals surface area contributed by atoms with Crippen molar-refractivity contribution >= 4 is 0 Å². The van der Waals surface area contributed by atoms with Crippen molar-refractivity contribution < 1.29 is 9.26 Å². The second kappa shape index (κ2) is 7.06. The predicted molar refractivity (Wildman–Crippen MR) is 83.8 cm³/mol. The summed E-state index contributed by atoms with van der Waals surface area (Å²) < 4.78 is 11.1. The first-order valence-corrected chi connectivity index (χ1v) is 8.55. The SMILES string of the molecule is CC(C)OCCN1CCN(C(C)c2nc(C3CC3)no2)CC1. The van der Waals surface area contributed by atoms with Gasteiger partial charge in [0.25, 0.3) is 0 Å². The highest BCUT2D eigenvalue weighted by Gasteiger charge is 2.31. The number of ether oxygens (including phenoxy) is 1. The lowest BCUT2D eigenvalue weighted by Crippen LogP contribution is -2.48. The summed E-state index contributed by atoms with van der Waals surface area (Å²) in [6, 6.07) is 0.217. The number of nitrogens with zero attached hydrogens (tertiary/aromatic N) is 4. The molecule has 1 unspecified atom stereocenters. The van der Waals surface area contributed by atoms with Crippen LogP contribution in [0.5, 0.6) is 0 Å². The zero-order valence-corrected chi connectivity index (χ0v) is 14.0. The average molecular weight is 308 g/mol. The first-order valence-electron chi connectivity index (χ1n) is 8.55. The minimum Gasteiger partial charge on any atom is -0.377 e. The van der Waals surface area contributed by atoms with Crippen molar-refractivity contribution in [2.75, 3.05) is 39.3 Å². The monoisotopic (exact) mass is 308 g/mol. The van der Waals surface area contributed by atoms with E-state index in [1.54, 1.807) is 0 Å². The van der Waals surface area contributed by atoms with E-state index in [4.69, 9.17) is 9.26 Å². The molecule has 6 nitrogen and oxygen atoms in total. The molecule has 0 amide bonds. The molecule has 0 bridgehead atoms. The van der Waals surface area contributed by atoms with Gasteiger partial charge in [-0.05, 0) is 33.6 Å². The summed E-state index contributed by atoms with van der Waals surface area (Å²) in [5.74, 6) is 2.24. The molecule has 0 radical (unpaired) electrons. The average Bonchev–Trinajstić information content (AvgIpc) is 3.24. The van der Waals surface area contributed by atoms with E-state index >= 15 is 0 Å². The quantitative estimate of drug-likeness (QED) is 0.768. The van der Waals surface area contributed by atoms with Crippen LogP contribution in [-0.2, 0) is 4.74 Å². The molecule has 1 aliphatic carbocycles. The minimum absolute atomic E-state index is 0.217. The standard InChI is InChI=1S/C16H28N4O2/c1-12(2)21-11-10-19-6-8-20(9-7-19)13(3)16-17-15(18-22-16)14-4-5-14/h12-14H,4-11H2,1-3H3. The molecule has 2 heterocycles. The van der Waals surface area contributed by atoms with Crippen molar-refractivity contribution in [3.05, 3.63) is 11.7 Å². The first-order chi connectivity index (χ1) is 10.6. The summed E-state index contributed by atoms with van der Waals surface area (Å²) in [7, 11) is 0. The molecule has 6 heteroatoms. The third-order valence-electron chi connectivity index (χ3n) is 4.57. The van der Waals surface area contributed by atoms with Gasteiger partial charge in [-0.3, -0.25) is 9.80 Å². The Labute approximate surface area is 132 Å². The summed E-state index contributed by atoms with van der Waals surface area (Å²) in [5, 5.41) is 4.13. The Kier molecular flexibility index (Phi) is 5.10. The Morgan fingerprint density at radius 1 is 1.18 bits per heavy atom. The summed E-state index contributed by atoms with van der Waals surface area (Å²) in [4.78, 5) is 9.48. The number of hydrogen-bond acceptors (Lipinski definition) is 6. The van der Waals surface area contributed by atoms with E-state index in [0.717, 1.165) is 51.0 Å². The second-order valence-electron chi connectivity index (χ2n) is 6.74. The largest absolute Gasteiger partial charge is 0.377 e. The van der Waals surface area contributed by atoms with Gasteiger partial charge in [0.1, 0.15) is 0 Å². The fourth-order valence-electron chi connectivity index (χ4n) is 2.87. The van der Waals surface area contributed by atoms with Gasteiger partial charge in [-0.2, -0.15) is 4.98 Å². The van der Waals surface area contributed by atoms with Crippen LogP contribution in [0.1, 0.15) is 57.3 Å². The van der Waals surface area contributed by atoms with Crippen LogP contribution in [0.15, 0.2) is 4.52 Å². The van der Waals surface area contributed by atoms with Gasteiger partial charge in [-0.1, -0.05) is 5.16 Å². The van der Waals surface area contributed by atoms with Crippen molar-refractivity contribution in [2.24, 2.45) is 0 Å². The van der Waals surface area contributed by atoms with Crippen molar-refractivity contribution in [2.45, 2.75) is 51.7 Å². The molecule has 3 rings (SSSR count). The zero-order valence-electron chi connectivity index (χ0n) is 14.0. The van der Waals surface area contributed by atoms with E-state index in [1.807, 2.05) is 0 Å². The fourth-order valence-corrected chi connectivity index (χ4v) is 2.87. The van der Waals surface area contributed by atoms with Gasteiger partial charge in [0, 0.05) is 38.6 Å². The molecule has 1 aliphatic heterocycles. The van der Waals surface area contributed by atoms with E-state index in [2.05, 4.69) is 40.7 Å². The van der Waals surface area contributed by atoms with Crippen molar-refractivity contribution in [1.29, 1.82) is 0 Å². The minimum atomic E-state index is 0.217. The Morgan fingerprint density at radius 2 is 1.91 bits per heavy atom. The summed E-state index contributed by atoms with van der Waals surface area (Å²) in [6.07, 6.45) is 2.74. The van der Waals surface area contributed by atoms with E-state index in [0.29, 0.717) is 12.0 Å². The van der Waals surface area contributed by atoms with Crippen LogP contribution in [0.3, 0.4) is 0 Å². The summed E-state index contributed by atoms with van der Waals surface area (Å²) in [6.45, 7) is 12.4. The molecule has 1 saturated heterocycles. The van der Waals surface area contributed by atoms with Crippen molar-refractivity contribution in [3.63, 3.8) is 0 Å². The van der Waals surface area contributed by atoms with Gasteiger partial charge in [0.15, 0.2) is 5.82 Å². The Balaban J connectivity index is 1.43. The number of rotatable bonds is 7. The van der Waals surface area contributed by atoms with E-state index in [-0.39, 0.29) is 6.04 Å². The molecule has 1 aromatic rings. The smallest absolute Gasteiger partial charge is 0.243 e. The van der Waals surface area contributed by atoms with Gasteiger partial charge < -0.3 is 9.26 Å². The molecule has 22 heavy (non-hydrogen) atoms. The number of piperazine rings is 1. The van der Waals surface area contributed by atoms with Crippen LogP contribution < -0.4 is 0 Å². The van der Waals surface area contributed by atoms with Crippen LogP contribution in [0.25, 0.3) is 0 Å². The normalized spacial score (nSPS) is 22.4. The molecule has 2 aliphatic rings. The lowest BCUT2D eigenvalue weighted by atomic mass is 10.2. The Hall–Kier alpha value is -0.980. The van der Waals surface area contributed by atoms with Crippen LogP contribution in [0, 0.1) is 0 Å². The molecule has 2 fully saturated rings. The zero-order chi connectivity index (χ0) is 15.5. The van der Waals surface area contributed by atoms with Crippen LogP contribution >= 0.6 is 0 Å². The first kappa shape index (κ1) is 15.9. The van der Waals surface area contributed by atoms with E-state index in [9.17, 15) is 0 Å². The molecule has 0 N–H and O–H groups in total. The summed E-state index contributed by atoms with van der Waals surface area (Å²) in [5.41, 5.74) is 0. The topological polar surface area (TPSA) is 54.6 Å². The van der Waals surface area contributed by atoms with E-state index < -0.39 is 0 Å². The highest BCUT2D eigenvalue weighted by Crippen LogP contribution is 2.38.